The first-order valence-corrected chi connectivity index (χ1v) is 7.38. The minimum atomic E-state index is -0.277. The second-order valence-electron chi connectivity index (χ2n) is 5.00. The first-order chi connectivity index (χ1) is 10.9. The lowest BCUT2D eigenvalue weighted by molar-refractivity contribution is -0.118. The standard InChI is InChI=1S/C17H17ClN2O3/c1-11-3-4-13(18)9-16(11)20-17(22)10-23-15-7-5-14(6-8-15)19-12(2)21/h3-9H,10H2,1-2H3,(H,19,21)(H,20,22). The third-order valence-corrected chi connectivity index (χ3v) is 3.25. The number of carbonyl (C=O) groups is 2. The van der Waals surface area contributed by atoms with Crippen molar-refractivity contribution in [2.75, 3.05) is 17.2 Å². The van der Waals surface area contributed by atoms with Crippen molar-refractivity contribution in [3.63, 3.8) is 0 Å². The van der Waals surface area contributed by atoms with Crippen LogP contribution in [0.2, 0.25) is 5.02 Å². The van der Waals surface area contributed by atoms with Crippen LogP contribution in [0.1, 0.15) is 12.5 Å². The molecule has 0 aromatic heterocycles. The molecule has 0 aliphatic carbocycles. The van der Waals surface area contributed by atoms with Crippen molar-refractivity contribution in [2.24, 2.45) is 0 Å². The molecule has 0 saturated heterocycles. The summed E-state index contributed by atoms with van der Waals surface area (Å²) in [7, 11) is 0. The van der Waals surface area contributed by atoms with E-state index in [0.717, 1.165) is 5.56 Å². The van der Waals surface area contributed by atoms with Gasteiger partial charge in [-0.3, -0.25) is 9.59 Å². The number of ether oxygens (including phenoxy) is 1. The molecule has 0 atom stereocenters. The molecule has 2 amide bonds. The average molecular weight is 333 g/mol. The fourth-order valence-corrected chi connectivity index (χ4v) is 2.07. The molecule has 0 heterocycles. The Morgan fingerprint density at radius 3 is 2.43 bits per heavy atom. The number of carbonyl (C=O) groups excluding carboxylic acids is 2. The van der Waals surface area contributed by atoms with Crippen molar-refractivity contribution in [3.05, 3.63) is 53.1 Å². The first-order valence-electron chi connectivity index (χ1n) is 7.00. The molecule has 120 valence electrons. The van der Waals surface area contributed by atoms with Crippen LogP contribution in [-0.2, 0) is 9.59 Å². The molecule has 5 nitrogen and oxygen atoms in total. The SMILES string of the molecule is CC(=O)Nc1ccc(OCC(=O)Nc2cc(Cl)ccc2C)cc1. The van der Waals surface area contributed by atoms with Crippen LogP contribution >= 0.6 is 11.6 Å². The number of hydrogen-bond donors (Lipinski definition) is 2. The van der Waals surface area contributed by atoms with Gasteiger partial charge in [0.1, 0.15) is 5.75 Å². The zero-order chi connectivity index (χ0) is 16.8. The van der Waals surface area contributed by atoms with Gasteiger partial charge in [-0.05, 0) is 48.9 Å². The Morgan fingerprint density at radius 2 is 1.78 bits per heavy atom. The highest BCUT2D eigenvalue weighted by Crippen LogP contribution is 2.20. The maximum Gasteiger partial charge on any atom is 0.262 e. The fourth-order valence-electron chi connectivity index (χ4n) is 1.90. The summed E-state index contributed by atoms with van der Waals surface area (Å²) in [5.74, 6) is 0.119. The Balaban J connectivity index is 1.89. The van der Waals surface area contributed by atoms with Gasteiger partial charge in [0.05, 0.1) is 0 Å². The van der Waals surface area contributed by atoms with Gasteiger partial charge < -0.3 is 15.4 Å². The highest BCUT2D eigenvalue weighted by Gasteiger charge is 2.07. The molecule has 2 N–H and O–H groups in total. The Kier molecular flexibility index (Phi) is 5.60. The van der Waals surface area contributed by atoms with Crippen LogP contribution < -0.4 is 15.4 Å². The summed E-state index contributed by atoms with van der Waals surface area (Å²) in [6, 6.07) is 12.1. The van der Waals surface area contributed by atoms with Crippen LogP contribution in [0.5, 0.6) is 5.75 Å². The zero-order valence-corrected chi connectivity index (χ0v) is 13.6. The summed E-state index contributed by atoms with van der Waals surface area (Å²) in [5.41, 5.74) is 2.25. The van der Waals surface area contributed by atoms with E-state index < -0.39 is 0 Å². The highest BCUT2D eigenvalue weighted by atomic mass is 35.5. The van der Waals surface area contributed by atoms with Crippen molar-refractivity contribution >= 4 is 34.8 Å². The molecule has 6 heteroatoms. The van der Waals surface area contributed by atoms with Gasteiger partial charge in [-0.1, -0.05) is 17.7 Å². The molecular weight excluding hydrogens is 316 g/mol. The summed E-state index contributed by atoms with van der Waals surface area (Å²) in [4.78, 5) is 22.9. The van der Waals surface area contributed by atoms with Gasteiger partial charge in [0.2, 0.25) is 5.91 Å². The highest BCUT2D eigenvalue weighted by molar-refractivity contribution is 6.31. The number of amides is 2. The van der Waals surface area contributed by atoms with Gasteiger partial charge in [-0.25, -0.2) is 0 Å². The number of nitrogens with one attached hydrogen (secondary N) is 2. The van der Waals surface area contributed by atoms with Gasteiger partial charge in [-0.2, -0.15) is 0 Å². The lowest BCUT2D eigenvalue weighted by Gasteiger charge is -2.10. The molecule has 0 saturated carbocycles. The largest absolute Gasteiger partial charge is 0.484 e. The molecule has 0 bridgehead atoms. The zero-order valence-electron chi connectivity index (χ0n) is 12.9. The van der Waals surface area contributed by atoms with Gasteiger partial charge in [0, 0.05) is 23.3 Å². The van der Waals surface area contributed by atoms with E-state index in [4.69, 9.17) is 16.3 Å². The minimum Gasteiger partial charge on any atom is -0.484 e. The second-order valence-corrected chi connectivity index (χ2v) is 5.44. The molecule has 0 aliphatic heterocycles. The van der Waals surface area contributed by atoms with E-state index in [-0.39, 0.29) is 18.4 Å². The van der Waals surface area contributed by atoms with Crippen LogP contribution in [0, 0.1) is 6.92 Å². The number of hydrogen-bond acceptors (Lipinski definition) is 3. The van der Waals surface area contributed by atoms with E-state index in [0.29, 0.717) is 22.1 Å². The molecule has 0 spiro atoms. The van der Waals surface area contributed by atoms with Crippen molar-refractivity contribution in [3.8, 4) is 5.75 Å². The van der Waals surface area contributed by atoms with Crippen molar-refractivity contribution in [2.45, 2.75) is 13.8 Å². The lowest BCUT2D eigenvalue weighted by Crippen LogP contribution is -2.20. The number of aryl methyl sites for hydroxylation is 1. The molecule has 0 aliphatic rings. The third-order valence-electron chi connectivity index (χ3n) is 3.02. The summed E-state index contributed by atoms with van der Waals surface area (Å²) in [5, 5.41) is 5.96. The average Bonchev–Trinajstić information content (AvgIpc) is 2.50. The van der Waals surface area contributed by atoms with E-state index in [1.807, 2.05) is 13.0 Å². The van der Waals surface area contributed by atoms with Gasteiger partial charge in [0.25, 0.3) is 5.91 Å². The molecule has 23 heavy (non-hydrogen) atoms. The first kappa shape index (κ1) is 16.8. The molecule has 0 unspecified atom stereocenters. The maximum atomic E-state index is 11.9. The molecule has 0 radical (unpaired) electrons. The fraction of sp³-hybridized carbons (Fsp3) is 0.176. The Labute approximate surface area is 139 Å². The lowest BCUT2D eigenvalue weighted by atomic mass is 10.2. The van der Waals surface area contributed by atoms with Gasteiger partial charge in [0.15, 0.2) is 6.61 Å². The number of anilines is 2. The number of halogens is 1. The Morgan fingerprint density at radius 1 is 1.09 bits per heavy atom. The quantitative estimate of drug-likeness (QED) is 0.878. The monoisotopic (exact) mass is 332 g/mol. The van der Waals surface area contributed by atoms with E-state index in [1.54, 1.807) is 36.4 Å². The Bertz CT molecular complexity index is 714. The third kappa shape index (κ3) is 5.30. The Hall–Kier alpha value is -2.53. The van der Waals surface area contributed by atoms with Crippen LogP contribution in [0.3, 0.4) is 0 Å². The molecule has 0 fully saturated rings. The van der Waals surface area contributed by atoms with Gasteiger partial charge in [-0.15, -0.1) is 0 Å². The molecule has 2 aromatic rings. The predicted octanol–water partition coefficient (Wildman–Crippen LogP) is 3.62. The van der Waals surface area contributed by atoms with Crippen LogP contribution in [0.25, 0.3) is 0 Å². The summed E-state index contributed by atoms with van der Waals surface area (Å²) in [6.45, 7) is 3.20. The maximum absolute atomic E-state index is 11.9. The molecule has 2 aromatic carbocycles. The molecule has 2 rings (SSSR count). The van der Waals surface area contributed by atoms with Crippen LogP contribution in [0.15, 0.2) is 42.5 Å². The number of rotatable bonds is 5. The van der Waals surface area contributed by atoms with Gasteiger partial charge >= 0.3 is 0 Å². The minimum absolute atomic E-state index is 0.120. The smallest absolute Gasteiger partial charge is 0.262 e. The van der Waals surface area contributed by atoms with E-state index in [1.165, 1.54) is 6.92 Å². The second kappa shape index (κ2) is 7.65. The van der Waals surface area contributed by atoms with Crippen molar-refractivity contribution < 1.29 is 14.3 Å². The van der Waals surface area contributed by atoms with E-state index in [9.17, 15) is 9.59 Å². The predicted molar refractivity (Wildman–Crippen MR) is 91.1 cm³/mol. The van der Waals surface area contributed by atoms with Crippen molar-refractivity contribution in [1.82, 2.24) is 0 Å². The number of benzene rings is 2. The summed E-state index contributed by atoms with van der Waals surface area (Å²) < 4.78 is 5.41. The summed E-state index contributed by atoms with van der Waals surface area (Å²) >= 11 is 5.91. The van der Waals surface area contributed by atoms with Crippen molar-refractivity contribution in [1.29, 1.82) is 0 Å². The van der Waals surface area contributed by atoms with Crippen LogP contribution in [-0.4, -0.2) is 18.4 Å². The normalized spacial score (nSPS) is 10.0. The van der Waals surface area contributed by atoms with Crippen LogP contribution in [0.4, 0.5) is 11.4 Å². The summed E-state index contributed by atoms with van der Waals surface area (Å²) in [6.07, 6.45) is 0. The topological polar surface area (TPSA) is 67.4 Å². The molecular formula is C17H17ClN2O3. The van der Waals surface area contributed by atoms with E-state index in [2.05, 4.69) is 10.6 Å². The van der Waals surface area contributed by atoms with E-state index >= 15 is 0 Å².